The lowest BCUT2D eigenvalue weighted by Gasteiger charge is -2.38. The van der Waals surface area contributed by atoms with Crippen LogP contribution in [-0.2, 0) is 15.4 Å². The second-order valence-corrected chi connectivity index (χ2v) is 11.0. The van der Waals surface area contributed by atoms with E-state index in [2.05, 4.69) is 32.1 Å². The quantitative estimate of drug-likeness (QED) is 0.798. The lowest BCUT2D eigenvalue weighted by molar-refractivity contribution is 0.184. The summed E-state index contributed by atoms with van der Waals surface area (Å²) < 4.78 is 30.5. The van der Waals surface area contributed by atoms with Gasteiger partial charge in [0.25, 0.3) is 0 Å². The van der Waals surface area contributed by atoms with Gasteiger partial charge in [0.1, 0.15) is 0 Å². The molecule has 0 spiro atoms. The van der Waals surface area contributed by atoms with Gasteiger partial charge in [0.2, 0.25) is 10.0 Å². The largest absolute Gasteiger partial charge is 0.269 e. The Balaban J connectivity index is 1.58. The minimum atomic E-state index is -3.46. The molecule has 0 amide bonds. The number of hydrogen-bond donors (Lipinski definition) is 0. The standard InChI is InChI=1S/C21H29N3O2S/c1-15-13-22-23(14-15)19-11-17-7-8-18(12-19)24(17)27(25,26)20-9-5-16(6-10-20)21(2,3)4/h5-6,9-10,13-14,17-19H,7-8,11-12H2,1-4H3. The predicted molar refractivity (Wildman–Crippen MR) is 106 cm³/mol. The van der Waals surface area contributed by atoms with Gasteiger partial charge < -0.3 is 0 Å². The number of piperidine rings is 1. The number of aromatic nitrogens is 2. The van der Waals surface area contributed by atoms with Gasteiger partial charge in [-0.1, -0.05) is 32.9 Å². The molecule has 2 aliphatic heterocycles. The fraction of sp³-hybridized carbons (Fsp3) is 0.571. The second-order valence-electron chi connectivity index (χ2n) is 9.12. The minimum absolute atomic E-state index is 0.0154. The fourth-order valence-corrected chi connectivity index (χ4v) is 6.49. The van der Waals surface area contributed by atoms with E-state index in [0.29, 0.717) is 10.9 Å². The van der Waals surface area contributed by atoms with Crippen molar-refractivity contribution in [2.75, 3.05) is 0 Å². The molecule has 2 saturated heterocycles. The normalized spacial score (nSPS) is 26.4. The molecule has 2 fully saturated rings. The molecule has 1 aromatic heterocycles. The number of fused-ring (bicyclic) bond motifs is 2. The van der Waals surface area contributed by atoms with Crippen LogP contribution in [-0.4, -0.2) is 34.6 Å². The maximum Gasteiger partial charge on any atom is 0.243 e. The molecule has 5 nitrogen and oxygen atoms in total. The summed E-state index contributed by atoms with van der Waals surface area (Å²) in [6.45, 7) is 8.45. The Morgan fingerprint density at radius 2 is 1.59 bits per heavy atom. The van der Waals surface area contributed by atoms with Gasteiger partial charge in [-0.25, -0.2) is 8.42 Å². The molecule has 3 heterocycles. The van der Waals surface area contributed by atoms with E-state index >= 15 is 0 Å². The summed E-state index contributed by atoms with van der Waals surface area (Å²) in [7, 11) is -3.46. The number of benzene rings is 1. The second kappa shape index (κ2) is 6.45. The molecule has 0 aliphatic carbocycles. The Labute approximate surface area is 162 Å². The van der Waals surface area contributed by atoms with Gasteiger partial charge >= 0.3 is 0 Å². The van der Waals surface area contributed by atoms with Crippen LogP contribution in [0.1, 0.15) is 63.6 Å². The van der Waals surface area contributed by atoms with E-state index in [-0.39, 0.29) is 17.5 Å². The van der Waals surface area contributed by atoms with Gasteiger partial charge in [-0.3, -0.25) is 4.68 Å². The molecule has 0 N–H and O–H groups in total. The Morgan fingerprint density at radius 1 is 1.00 bits per heavy atom. The van der Waals surface area contributed by atoms with E-state index in [4.69, 9.17) is 0 Å². The number of hydrogen-bond acceptors (Lipinski definition) is 3. The predicted octanol–water partition coefficient (Wildman–Crippen LogP) is 4.05. The highest BCUT2D eigenvalue weighted by Gasteiger charge is 2.47. The van der Waals surface area contributed by atoms with Crippen molar-refractivity contribution in [3.63, 3.8) is 0 Å². The lowest BCUT2D eigenvalue weighted by atomic mass is 9.87. The summed E-state index contributed by atoms with van der Waals surface area (Å²) in [6, 6.07) is 7.90. The lowest BCUT2D eigenvalue weighted by Crippen LogP contribution is -2.46. The third kappa shape index (κ3) is 3.34. The van der Waals surface area contributed by atoms with Crippen molar-refractivity contribution in [1.82, 2.24) is 14.1 Å². The van der Waals surface area contributed by atoms with E-state index in [1.807, 2.05) is 29.9 Å². The average molecular weight is 388 g/mol. The maximum absolute atomic E-state index is 13.4. The molecular formula is C21H29N3O2S. The van der Waals surface area contributed by atoms with Crippen LogP contribution in [0.4, 0.5) is 0 Å². The van der Waals surface area contributed by atoms with Crippen LogP contribution in [0.2, 0.25) is 0 Å². The van der Waals surface area contributed by atoms with Gasteiger partial charge in [0.15, 0.2) is 0 Å². The third-order valence-corrected chi connectivity index (χ3v) is 8.06. The molecule has 2 aromatic rings. The molecule has 4 rings (SSSR count). The molecule has 27 heavy (non-hydrogen) atoms. The first-order valence-corrected chi connectivity index (χ1v) is 11.2. The van der Waals surface area contributed by atoms with Crippen molar-refractivity contribution in [2.45, 2.75) is 81.8 Å². The van der Waals surface area contributed by atoms with Gasteiger partial charge in [0.05, 0.1) is 17.1 Å². The van der Waals surface area contributed by atoms with Gasteiger partial charge in [-0.05, 0) is 61.3 Å². The number of nitrogens with zero attached hydrogens (tertiary/aromatic N) is 3. The Bertz CT molecular complexity index is 911. The summed E-state index contributed by atoms with van der Waals surface area (Å²) in [4.78, 5) is 0.417. The highest BCUT2D eigenvalue weighted by Crippen LogP contribution is 2.43. The molecule has 1 aromatic carbocycles. The topological polar surface area (TPSA) is 55.2 Å². The van der Waals surface area contributed by atoms with E-state index in [0.717, 1.165) is 36.8 Å². The highest BCUT2D eigenvalue weighted by molar-refractivity contribution is 7.89. The third-order valence-electron chi connectivity index (χ3n) is 6.04. The summed E-state index contributed by atoms with van der Waals surface area (Å²) >= 11 is 0. The minimum Gasteiger partial charge on any atom is -0.269 e. The Morgan fingerprint density at radius 3 is 2.07 bits per heavy atom. The van der Waals surface area contributed by atoms with E-state index in [1.54, 1.807) is 16.4 Å². The van der Waals surface area contributed by atoms with Crippen molar-refractivity contribution in [3.8, 4) is 0 Å². The van der Waals surface area contributed by atoms with Crippen LogP contribution in [0, 0.1) is 6.92 Å². The first-order valence-electron chi connectivity index (χ1n) is 9.81. The Kier molecular flexibility index (Phi) is 4.47. The smallest absolute Gasteiger partial charge is 0.243 e. The molecule has 2 aliphatic rings. The van der Waals surface area contributed by atoms with Crippen molar-refractivity contribution in [1.29, 1.82) is 0 Å². The average Bonchev–Trinajstić information content (AvgIpc) is 3.16. The molecule has 2 atom stereocenters. The molecule has 146 valence electrons. The summed E-state index contributed by atoms with van der Waals surface area (Å²) in [5.74, 6) is 0. The van der Waals surface area contributed by atoms with Crippen LogP contribution in [0.15, 0.2) is 41.6 Å². The van der Waals surface area contributed by atoms with Gasteiger partial charge in [-0.15, -0.1) is 0 Å². The summed E-state index contributed by atoms with van der Waals surface area (Å²) in [5, 5.41) is 4.46. The van der Waals surface area contributed by atoms with E-state index in [1.165, 1.54) is 0 Å². The SMILES string of the molecule is Cc1cnn(C2CC3CCC(C2)N3S(=O)(=O)c2ccc(C(C)(C)C)cc2)c1. The zero-order chi connectivity index (χ0) is 19.4. The first kappa shape index (κ1) is 18.7. The number of aryl methyl sites for hydroxylation is 1. The van der Waals surface area contributed by atoms with Crippen LogP contribution in [0.5, 0.6) is 0 Å². The van der Waals surface area contributed by atoms with E-state index < -0.39 is 10.0 Å². The van der Waals surface area contributed by atoms with Crippen molar-refractivity contribution < 1.29 is 8.42 Å². The number of rotatable bonds is 3. The van der Waals surface area contributed by atoms with Crippen LogP contribution in [0.25, 0.3) is 0 Å². The molecule has 2 unspecified atom stereocenters. The van der Waals surface area contributed by atoms with Crippen molar-refractivity contribution in [2.24, 2.45) is 0 Å². The van der Waals surface area contributed by atoms with E-state index in [9.17, 15) is 8.42 Å². The molecule has 0 saturated carbocycles. The molecular weight excluding hydrogens is 358 g/mol. The van der Waals surface area contributed by atoms with Crippen LogP contribution >= 0.6 is 0 Å². The highest BCUT2D eigenvalue weighted by atomic mass is 32.2. The summed E-state index contributed by atoms with van der Waals surface area (Å²) in [6.07, 6.45) is 7.52. The molecule has 6 heteroatoms. The van der Waals surface area contributed by atoms with Crippen molar-refractivity contribution >= 4 is 10.0 Å². The number of sulfonamides is 1. The van der Waals surface area contributed by atoms with Gasteiger partial charge in [-0.2, -0.15) is 9.40 Å². The van der Waals surface area contributed by atoms with Crippen molar-refractivity contribution in [3.05, 3.63) is 47.8 Å². The zero-order valence-electron chi connectivity index (χ0n) is 16.6. The Hall–Kier alpha value is -1.66. The maximum atomic E-state index is 13.4. The molecule has 2 bridgehead atoms. The van der Waals surface area contributed by atoms with Crippen LogP contribution < -0.4 is 0 Å². The zero-order valence-corrected chi connectivity index (χ0v) is 17.4. The fourth-order valence-electron chi connectivity index (χ4n) is 4.60. The van der Waals surface area contributed by atoms with Gasteiger partial charge in [0, 0.05) is 18.3 Å². The van der Waals surface area contributed by atoms with Crippen LogP contribution in [0.3, 0.4) is 0 Å². The molecule has 0 radical (unpaired) electrons. The summed E-state index contributed by atoms with van der Waals surface area (Å²) in [5.41, 5.74) is 2.31. The first-order chi connectivity index (χ1) is 12.7. The monoisotopic (exact) mass is 387 g/mol.